The highest BCUT2D eigenvalue weighted by Gasteiger charge is 2.15. The third-order valence-electron chi connectivity index (χ3n) is 8.32. The lowest BCUT2D eigenvalue weighted by molar-refractivity contribution is 1.17. The van der Waals surface area contributed by atoms with Crippen LogP contribution in [0.5, 0.6) is 0 Å². The van der Waals surface area contributed by atoms with Crippen LogP contribution in [0.3, 0.4) is 0 Å². The van der Waals surface area contributed by atoms with Gasteiger partial charge in [-0.05, 0) is 95.1 Å². The van der Waals surface area contributed by atoms with E-state index < -0.39 is 0 Å². The van der Waals surface area contributed by atoms with Gasteiger partial charge in [0.2, 0.25) is 0 Å². The Morgan fingerprint density at radius 1 is 0.364 bits per heavy atom. The van der Waals surface area contributed by atoms with Gasteiger partial charge in [0.1, 0.15) is 0 Å². The molecule has 0 fully saturated rings. The standard InChI is InChI=1S/C41H29N3/c1-2-8-30(9-3-1)31-14-18-34(19-15-31)43(35-20-16-32(17-21-35)33-26-28-42-29-27-33)36-22-24-37(25-23-36)44-40-12-6-4-10-38(40)39-11-5-7-13-41(39)44/h1-29H. The molecule has 8 rings (SSSR count). The molecule has 0 aliphatic carbocycles. The van der Waals surface area contributed by atoms with Gasteiger partial charge in [-0.3, -0.25) is 4.98 Å². The first-order chi connectivity index (χ1) is 21.8. The molecule has 0 amide bonds. The number of anilines is 3. The summed E-state index contributed by atoms with van der Waals surface area (Å²) < 4.78 is 2.36. The summed E-state index contributed by atoms with van der Waals surface area (Å²) >= 11 is 0. The second-order valence-corrected chi connectivity index (χ2v) is 10.9. The Morgan fingerprint density at radius 3 is 1.30 bits per heavy atom. The summed E-state index contributed by atoms with van der Waals surface area (Å²) in [5.41, 5.74) is 11.6. The van der Waals surface area contributed by atoms with E-state index in [1.54, 1.807) is 0 Å². The Bertz CT molecular complexity index is 2040. The Kier molecular flexibility index (Phi) is 6.47. The molecule has 0 aliphatic heterocycles. The van der Waals surface area contributed by atoms with Crippen LogP contribution in [0.15, 0.2) is 176 Å². The molecule has 0 bridgehead atoms. The van der Waals surface area contributed by atoms with Gasteiger partial charge >= 0.3 is 0 Å². The minimum atomic E-state index is 1.10. The highest BCUT2D eigenvalue weighted by atomic mass is 15.1. The number of aromatic nitrogens is 2. The summed E-state index contributed by atoms with van der Waals surface area (Å²) in [4.78, 5) is 6.49. The van der Waals surface area contributed by atoms with E-state index in [1.807, 2.05) is 24.5 Å². The van der Waals surface area contributed by atoms with Gasteiger partial charge in [-0.25, -0.2) is 0 Å². The molecular weight excluding hydrogens is 534 g/mol. The number of benzene rings is 6. The Hall–Kier alpha value is -5.93. The van der Waals surface area contributed by atoms with Crippen LogP contribution in [-0.4, -0.2) is 9.55 Å². The van der Waals surface area contributed by atoms with Crippen LogP contribution in [0.1, 0.15) is 0 Å². The van der Waals surface area contributed by atoms with Gasteiger partial charge in [0.05, 0.1) is 11.0 Å². The molecule has 0 atom stereocenters. The Labute approximate surface area is 256 Å². The number of para-hydroxylation sites is 2. The maximum Gasteiger partial charge on any atom is 0.0541 e. The third-order valence-corrected chi connectivity index (χ3v) is 8.32. The van der Waals surface area contributed by atoms with Crippen LogP contribution in [0, 0.1) is 0 Å². The molecule has 0 unspecified atom stereocenters. The molecule has 0 spiro atoms. The van der Waals surface area contributed by atoms with Crippen molar-refractivity contribution in [3.63, 3.8) is 0 Å². The molecule has 44 heavy (non-hydrogen) atoms. The van der Waals surface area contributed by atoms with Crippen LogP contribution >= 0.6 is 0 Å². The zero-order valence-corrected chi connectivity index (χ0v) is 24.1. The van der Waals surface area contributed by atoms with Crippen molar-refractivity contribution in [1.82, 2.24) is 9.55 Å². The van der Waals surface area contributed by atoms with Crippen molar-refractivity contribution in [3.8, 4) is 27.9 Å². The van der Waals surface area contributed by atoms with Crippen molar-refractivity contribution in [2.24, 2.45) is 0 Å². The van der Waals surface area contributed by atoms with E-state index in [9.17, 15) is 0 Å². The van der Waals surface area contributed by atoms with Crippen molar-refractivity contribution >= 4 is 38.9 Å². The lowest BCUT2D eigenvalue weighted by Crippen LogP contribution is -2.10. The summed E-state index contributed by atoms with van der Waals surface area (Å²) in [6.07, 6.45) is 3.67. The van der Waals surface area contributed by atoms with Crippen molar-refractivity contribution in [1.29, 1.82) is 0 Å². The van der Waals surface area contributed by atoms with E-state index in [4.69, 9.17) is 0 Å². The van der Waals surface area contributed by atoms with E-state index in [0.29, 0.717) is 0 Å². The quantitative estimate of drug-likeness (QED) is 0.201. The summed E-state index contributed by atoms with van der Waals surface area (Å²) in [6.45, 7) is 0. The van der Waals surface area contributed by atoms with Gasteiger partial charge in [0, 0.05) is 45.9 Å². The van der Waals surface area contributed by atoms with E-state index in [1.165, 1.54) is 32.9 Å². The molecule has 208 valence electrons. The van der Waals surface area contributed by atoms with E-state index in [2.05, 4.69) is 166 Å². The summed E-state index contributed by atoms with van der Waals surface area (Å²) in [6, 6.07) is 58.4. The Morgan fingerprint density at radius 2 is 0.773 bits per heavy atom. The minimum Gasteiger partial charge on any atom is -0.311 e. The molecule has 0 saturated heterocycles. The monoisotopic (exact) mass is 563 g/mol. The first-order valence-electron chi connectivity index (χ1n) is 14.9. The zero-order valence-electron chi connectivity index (χ0n) is 24.1. The second kappa shape index (κ2) is 11.0. The predicted octanol–water partition coefficient (Wildman–Crippen LogP) is 11.0. The summed E-state index contributed by atoms with van der Waals surface area (Å²) in [5, 5.41) is 2.53. The summed E-state index contributed by atoms with van der Waals surface area (Å²) in [7, 11) is 0. The molecule has 6 aromatic carbocycles. The van der Waals surface area contributed by atoms with Crippen LogP contribution < -0.4 is 4.90 Å². The largest absolute Gasteiger partial charge is 0.311 e. The number of hydrogen-bond acceptors (Lipinski definition) is 2. The lowest BCUT2D eigenvalue weighted by Gasteiger charge is -2.26. The molecule has 3 heteroatoms. The number of rotatable bonds is 6. The molecule has 0 saturated carbocycles. The van der Waals surface area contributed by atoms with Gasteiger partial charge in [-0.1, -0.05) is 91.0 Å². The molecule has 2 aromatic heterocycles. The predicted molar refractivity (Wildman–Crippen MR) is 184 cm³/mol. The lowest BCUT2D eigenvalue weighted by atomic mass is 10.0. The topological polar surface area (TPSA) is 21.1 Å². The van der Waals surface area contributed by atoms with Crippen molar-refractivity contribution < 1.29 is 0 Å². The average Bonchev–Trinajstić information content (AvgIpc) is 3.45. The smallest absolute Gasteiger partial charge is 0.0541 e. The molecule has 2 heterocycles. The van der Waals surface area contributed by atoms with Crippen LogP contribution in [-0.2, 0) is 0 Å². The fourth-order valence-electron chi connectivity index (χ4n) is 6.18. The Balaban J connectivity index is 1.22. The van der Waals surface area contributed by atoms with Gasteiger partial charge in [0.25, 0.3) is 0 Å². The van der Waals surface area contributed by atoms with Gasteiger partial charge < -0.3 is 9.47 Å². The molecule has 0 aliphatic rings. The zero-order chi connectivity index (χ0) is 29.3. The van der Waals surface area contributed by atoms with Crippen LogP contribution in [0.2, 0.25) is 0 Å². The number of nitrogens with zero attached hydrogens (tertiary/aromatic N) is 3. The highest BCUT2D eigenvalue weighted by Crippen LogP contribution is 2.38. The SMILES string of the molecule is c1ccc(-c2ccc(N(c3ccc(-c4ccncc4)cc3)c3ccc(-n4c5ccccc5c5ccccc54)cc3)cc2)cc1. The van der Waals surface area contributed by atoms with Crippen LogP contribution in [0.4, 0.5) is 17.1 Å². The molecule has 0 N–H and O–H groups in total. The number of fused-ring (bicyclic) bond motifs is 3. The van der Waals surface area contributed by atoms with Gasteiger partial charge in [0.15, 0.2) is 0 Å². The normalized spacial score (nSPS) is 11.2. The first kappa shape index (κ1) is 25.8. The van der Waals surface area contributed by atoms with E-state index >= 15 is 0 Å². The molecule has 8 aromatic rings. The van der Waals surface area contributed by atoms with Crippen molar-refractivity contribution in [2.75, 3.05) is 4.90 Å². The van der Waals surface area contributed by atoms with Crippen molar-refractivity contribution in [3.05, 3.63) is 176 Å². The number of pyridine rings is 1. The van der Waals surface area contributed by atoms with Gasteiger partial charge in [-0.2, -0.15) is 0 Å². The minimum absolute atomic E-state index is 1.10. The fraction of sp³-hybridized carbons (Fsp3) is 0. The fourth-order valence-corrected chi connectivity index (χ4v) is 6.18. The second-order valence-electron chi connectivity index (χ2n) is 10.9. The third kappa shape index (κ3) is 4.61. The summed E-state index contributed by atoms with van der Waals surface area (Å²) in [5.74, 6) is 0. The maximum absolute atomic E-state index is 4.17. The molecular formula is C41H29N3. The van der Waals surface area contributed by atoms with Crippen LogP contribution in [0.25, 0.3) is 49.7 Å². The van der Waals surface area contributed by atoms with E-state index in [0.717, 1.165) is 33.9 Å². The van der Waals surface area contributed by atoms with Crippen molar-refractivity contribution in [2.45, 2.75) is 0 Å². The highest BCUT2D eigenvalue weighted by molar-refractivity contribution is 6.09. The maximum atomic E-state index is 4.17. The van der Waals surface area contributed by atoms with Gasteiger partial charge in [-0.15, -0.1) is 0 Å². The van der Waals surface area contributed by atoms with E-state index in [-0.39, 0.29) is 0 Å². The average molecular weight is 564 g/mol. The first-order valence-corrected chi connectivity index (χ1v) is 14.9. The molecule has 3 nitrogen and oxygen atoms in total. The number of hydrogen-bond donors (Lipinski definition) is 0. The molecule has 0 radical (unpaired) electrons.